The molecular formula is C90H82B5Br5F12O10. The van der Waals surface area contributed by atoms with E-state index in [0.29, 0.717) is 56.6 Å². The molecule has 3 aliphatic rings. The van der Waals surface area contributed by atoms with Crippen LogP contribution in [0.1, 0.15) is 83.1 Å². The number of benzene rings is 12. The number of rotatable bonds is 9. The molecule has 3 fully saturated rings. The minimum atomic E-state index is -1.84. The lowest BCUT2D eigenvalue weighted by Gasteiger charge is -2.32. The lowest BCUT2D eigenvalue weighted by molar-refractivity contribution is 0.00578. The summed E-state index contributed by atoms with van der Waals surface area (Å²) in [4.78, 5) is 0. The second-order valence-electron chi connectivity index (χ2n) is 30.6. The van der Waals surface area contributed by atoms with Crippen LogP contribution in [0.3, 0.4) is 0 Å². The topological polar surface area (TPSA) is 136 Å². The van der Waals surface area contributed by atoms with Crippen molar-refractivity contribution in [1.82, 2.24) is 0 Å². The summed E-state index contributed by atoms with van der Waals surface area (Å²) < 4.78 is 195. The van der Waals surface area contributed by atoms with Crippen LogP contribution in [-0.2, 0) is 27.9 Å². The second kappa shape index (κ2) is 43.4. The highest BCUT2D eigenvalue weighted by Gasteiger charge is 2.64. The molecule has 0 spiro atoms. The molecule has 0 unspecified atom stereocenters. The Morgan fingerprint density at radius 2 is 0.500 bits per heavy atom. The smallest absolute Gasteiger partial charge is 0.423 e. The summed E-state index contributed by atoms with van der Waals surface area (Å²) >= 11 is 15.5. The first-order valence-corrected chi connectivity index (χ1v) is 41.4. The molecule has 122 heavy (non-hydrogen) atoms. The highest BCUT2D eigenvalue weighted by atomic mass is 79.9. The Hall–Kier alpha value is -7.88. The van der Waals surface area contributed by atoms with Gasteiger partial charge in [-0.3, -0.25) is 0 Å². The van der Waals surface area contributed by atoms with Gasteiger partial charge in [0.15, 0.2) is 0 Å². The predicted octanol–water partition coefficient (Wildman–Crippen LogP) is 23.5. The molecule has 12 aromatic rings. The van der Waals surface area contributed by atoms with Crippen molar-refractivity contribution in [2.45, 2.75) is 117 Å². The van der Waals surface area contributed by atoms with Crippen LogP contribution < -0.4 is 16.4 Å². The van der Waals surface area contributed by atoms with Gasteiger partial charge < -0.3 is 48.0 Å². The number of hydrogen-bond acceptors (Lipinski definition) is 10. The molecule has 0 atom stereocenters. The van der Waals surface area contributed by atoms with E-state index in [4.69, 9.17) is 48.0 Å². The van der Waals surface area contributed by atoms with Crippen LogP contribution in [0.25, 0.3) is 55.6 Å². The molecule has 0 amide bonds. The van der Waals surface area contributed by atoms with E-state index in [9.17, 15) is 52.7 Å². The van der Waals surface area contributed by atoms with Gasteiger partial charge in [0.25, 0.3) is 0 Å². The second-order valence-corrected chi connectivity index (χ2v) is 35.0. The molecule has 0 aromatic heterocycles. The summed E-state index contributed by atoms with van der Waals surface area (Å²) in [5.74, 6) is -4.30. The van der Waals surface area contributed by atoms with E-state index in [1.165, 1.54) is 140 Å². The summed E-state index contributed by atoms with van der Waals surface area (Å²) in [6.45, 7) is 23.9. The summed E-state index contributed by atoms with van der Waals surface area (Å²) in [7, 11) is -5.03. The zero-order valence-corrected chi connectivity index (χ0v) is 75.7. The first kappa shape index (κ1) is 99.5. The monoisotopic (exact) mass is 2000 g/mol. The zero-order valence-electron chi connectivity index (χ0n) is 67.8. The molecule has 0 aliphatic carbocycles. The van der Waals surface area contributed by atoms with Crippen LogP contribution in [0.2, 0.25) is 0 Å². The van der Waals surface area contributed by atoms with Crippen LogP contribution in [0.4, 0.5) is 52.7 Å². The Morgan fingerprint density at radius 1 is 0.246 bits per heavy atom. The maximum Gasteiger partial charge on any atom is 0.497 e. The molecular weight excluding hydrogens is 1920 g/mol. The minimum Gasteiger partial charge on any atom is -0.423 e. The van der Waals surface area contributed by atoms with Gasteiger partial charge >= 0.3 is 35.4 Å². The van der Waals surface area contributed by atoms with Gasteiger partial charge in [-0.15, -0.1) is 0 Å². The molecule has 636 valence electrons. The highest BCUT2D eigenvalue weighted by Crippen LogP contribution is 2.44. The molecule has 15 rings (SSSR count). The Morgan fingerprint density at radius 3 is 0.787 bits per heavy atom. The maximum absolute atomic E-state index is 14.5. The first-order valence-electron chi connectivity index (χ1n) is 37.4. The van der Waals surface area contributed by atoms with Gasteiger partial charge in [-0.1, -0.05) is 147 Å². The Kier molecular flexibility index (Phi) is 35.4. The van der Waals surface area contributed by atoms with Crippen LogP contribution in [0, 0.1) is 69.8 Å². The van der Waals surface area contributed by atoms with Gasteiger partial charge in [-0.05, 0) is 326 Å². The standard InChI is InChI=1S/C18H19BF2O2.C12H24B2O4.C12H9BF2O2.3C12H7BrF2.C6H6BFO2.C6H3Br2F/c1-17(2)18(3,4)23-19(22-17)15-10-7-13(11-16(15)21)12-5-8-14(20)9-6-12;1-9(2)10(3,4)16-13(15-9)14-17-11(5,6)12(7,8)18-14;14-10-4-1-8(2-5-10)9-3-6-11(13(16)17)12(15)7-9;13-9-3-6-11(12(15)7-9)8-1-4-10(14)5-2-8;2*13-11-6-3-9(7-12(11)15)8-1-4-10(14)5-2-8;8-6-3-1-5(2-4-6)7(9)10;7-4-1-2-5(8)6(9)3-4/h5-11H,1-4H3;1-8H3;1-7,16-17H;3*1-7H;1-4,9-10H;1-3H. The fourth-order valence-corrected chi connectivity index (χ4v) is 12.6. The summed E-state index contributed by atoms with van der Waals surface area (Å²) in [6, 6.07) is 62.4. The van der Waals surface area contributed by atoms with E-state index in [1.54, 1.807) is 115 Å². The third-order valence-electron chi connectivity index (χ3n) is 20.2. The molecule has 12 aromatic carbocycles. The third kappa shape index (κ3) is 27.8. The van der Waals surface area contributed by atoms with Crippen LogP contribution in [-0.4, -0.2) is 89.1 Å². The Labute approximate surface area is 745 Å². The summed E-state index contributed by atoms with van der Waals surface area (Å²) in [5.41, 5.74) is 4.85. The van der Waals surface area contributed by atoms with Crippen LogP contribution in [0.5, 0.6) is 0 Å². The first-order chi connectivity index (χ1) is 57.0. The number of hydrogen-bond donors (Lipinski definition) is 4. The Balaban J connectivity index is 0.000000175. The van der Waals surface area contributed by atoms with E-state index in [0.717, 1.165) is 32.3 Å². The van der Waals surface area contributed by atoms with Crippen molar-refractivity contribution in [2.75, 3.05) is 0 Å². The van der Waals surface area contributed by atoms with Gasteiger partial charge in [0, 0.05) is 25.4 Å². The van der Waals surface area contributed by atoms with Crippen molar-refractivity contribution in [1.29, 1.82) is 0 Å². The van der Waals surface area contributed by atoms with Crippen molar-refractivity contribution in [3.8, 4) is 55.6 Å². The molecule has 0 saturated carbocycles. The van der Waals surface area contributed by atoms with Gasteiger partial charge in [-0.25, -0.2) is 52.7 Å². The number of halogens is 17. The van der Waals surface area contributed by atoms with E-state index >= 15 is 0 Å². The SMILES string of the molecule is CC1(C)OB(B2OC(C)(C)C(C)(C)O2)OC1(C)C.CC1(C)OB(c2ccc(-c3ccc(F)cc3)cc2F)OC1(C)C.Fc1cc(Br)ccc1Br.Fc1ccc(-c2ccc(Br)c(F)c2)cc1.Fc1ccc(-c2ccc(Br)c(F)c2)cc1.Fc1ccc(-c2ccc(Br)cc2F)cc1.OB(O)c1ccc(-c2ccc(F)cc2)cc1F.OB(O)c1ccc(F)cc1. The highest BCUT2D eigenvalue weighted by molar-refractivity contribution is 9.11. The molecule has 3 aliphatic heterocycles. The molecule has 0 bridgehead atoms. The van der Waals surface area contributed by atoms with Crippen molar-refractivity contribution >= 4 is 131 Å². The molecule has 3 saturated heterocycles. The van der Waals surface area contributed by atoms with Gasteiger partial charge in [0.1, 0.15) is 69.8 Å². The van der Waals surface area contributed by atoms with Gasteiger partial charge in [0.05, 0.1) is 47.0 Å². The quantitative estimate of drug-likeness (QED) is 0.0628. The lowest BCUT2D eigenvalue weighted by atomic mass is 9.49. The van der Waals surface area contributed by atoms with Gasteiger partial charge in [0.2, 0.25) is 0 Å². The lowest BCUT2D eigenvalue weighted by Crippen LogP contribution is -2.41. The van der Waals surface area contributed by atoms with E-state index in [2.05, 4.69) is 79.6 Å². The third-order valence-corrected chi connectivity index (χ3v) is 23.2. The molecule has 10 nitrogen and oxygen atoms in total. The average Bonchev–Trinajstić information content (AvgIpc) is 1.60. The summed E-state index contributed by atoms with van der Waals surface area (Å²) in [5, 5.41) is 34.8. The van der Waals surface area contributed by atoms with Crippen molar-refractivity contribution in [2.24, 2.45) is 0 Å². The van der Waals surface area contributed by atoms with E-state index in [-0.39, 0.29) is 86.0 Å². The molecule has 3 heterocycles. The van der Waals surface area contributed by atoms with Gasteiger partial charge in [-0.2, -0.15) is 0 Å². The van der Waals surface area contributed by atoms with E-state index in [1.807, 2.05) is 83.1 Å². The summed E-state index contributed by atoms with van der Waals surface area (Å²) in [6.07, 6.45) is 0. The van der Waals surface area contributed by atoms with Crippen molar-refractivity contribution in [3.05, 3.63) is 347 Å². The normalized spacial score (nSPS) is 15.1. The van der Waals surface area contributed by atoms with Crippen molar-refractivity contribution < 1.29 is 101 Å². The average molecular weight is 2010 g/mol. The maximum atomic E-state index is 14.5. The molecule has 0 radical (unpaired) electrons. The fraction of sp³-hybridized carbons (Fsp3) is 0.200. The van der Waals surface area contributed by atoms with Crippen molar-refractivity contribution in [3.63, 3.8) is 0 Å². The molecule has 4 N–H and O–H groups in total. The minimum absolute atomic E-state index is 0.184. The van der Waals surface area contributed by atoms with Crippen LogP contribution in [0.15, 0.2) is 277 Å². The predicted molar refractivity (Wildman–Crippen MR) is 478 cm³/mol. The van der Waals surface area contributed by atoms with E-state index < -0.39 is 58.2 Å². The largest absolute Gasteiger partial charge is 0.497 e. The Bertz CT molecular complexity index is 5290. The van der Waals surface area contributed by atoms with Crippen LogP contribution >= 0.6 is 79.6 Å². The zero-order chi connectivity index (χ0) is 90.1. The molecule has 32 heteroatoms. The fourth-order valence-electron chi connectivity index (χ4n) is 11.2.